The number of nitrogens with zero attached hydrogens (tertiary/aromatic N) is 2. The molecule has 0 saturated carbocycles. The molecule has 2 aromatic rings. The van der Waals surface area contributed by atoms with E-state index < -0.39 is 11.9 Å². The van der Waals surface area contributed by atoms with E-state index in [9.17, 15) is 18.0 Å². The first-order valence-electron chi connectivity index (χ1n) is 4.69. The van der Waals surface area contributed by atoms with E-state index in [4.69, 9.17) is 0 Å². The molecule has 88 valence electrons. The van der Waals surface area contributed by atoms with Crippen molar-refractivity contribution in [3.8, 4) is 5.69 Å². The van der Waals surface area contributed by atoms with Crippen LogP contribution in [0.5, 0.6) is 0 Å². The fourth-order valence-corrected chi connectivity index (χ4v) is 1.45. The van der Waals surface area contributed by atoms with Crippen LogP contribution in [0.25, 0.3) is 5.69 Å². The number of alkyl halides is 3. The molecule has 0 bridgehead atoms. The topological polar surface area (TPSA) is 34.9 Å². The standard InChI is InChI=1S/C11H7F3N2O/c12-11(13,14)10-4-5-15-16(10)9-3-1-2-8(6-9)7-17/h1-7H. The highest BCUT2D eigenvalue weighted by Crippen LogP contribution is 2.30. The lowest BCUT2D eigenvalue weighted by Gasteiger charge is -2.10. The molecule has 0 radical (unpaired) electrons. The number of aromatic nitrogens is 2. The molecule has 17 heavy (non-hydrogen) atoms. The predicted molar refractivity (Wildman–Crippen MR) is 54.0 cm³/mol. The van der Waals surface area contributed by atoms with Crippen LogP contribution < -0.4 is 0 Å². The summed E-state index contributed by atoms with van der Waals surface area (Å²) in [5.74, 6) is 0. The van der Waals surface area contributed by atoms with Crippen LogP contribution in [0.2, 0.25) is 0 Å². The van der Waals surface area contributed by atoms with Crippen LogP contribution in [0.3, 0.4) is 0 Å². The number of carbonyl (C=O) groups is 1. The molecule has 0 aliphatic carbocycles. The largest absolute Gasteiger partial charge is 0.433 e. The average Bonchev–Trinajstić information content (AvgIpc) is 2.77. The van der Waals surface area contributed by atoms with Gasteiger partial charge < -0.3 is 0 Å². The van der Waals surface area contributed by atoms with E-state index in [1.165, 1.54) is 24.3 Å². The third-order valence-electron chi connectivity index (χ3n) is 2.18. The van der Waals surface area contributed by atoms with Gasteiger partial charge in [0.25, 0.3) is 0 Å². The minimum absolute atomic E-state index is 0.201. The molecule has 0 saturated heterocycles. The van der Waals surface area contributed by atoms with Crippen LogP contribution >= 0.6 is 0 Å². The molecule has 1 aromatic carbocycles. The second-order valence-electron chi connectivity index (χ2n) is 3.34. The first kappa shape index (κ1) is 11.4. The third kappa shape index (κ3) is 2.20. The fraction of sp³-hybridized carbons (Fsp3) is 0.0909. The maximum atomic E-state index is 12.6. The summed E-state index contributed by atoms with van der Waals surface area (Å²) in [5.41, 5.74) is -0.376. The summed E-state index contributed by atoms with van der Waals surface area (Å²) in [4.78, 5) is 10.6. The Morgan fingerprint density at radius 3 is 2.65 bits per heavy atom. The number of halogens is 3. The zero-order valence-electron chi connectivity index (χ0n) is 8.48. The number of aldehydes is 1. The van der Waals surface area contributed by atoms with Gasteiger partial charge in [-0.1, -0.05) is 12.1 Å². The van der Waals surface area contributed by atoms with E-state index in [-0.39, 0.29) is 5.69 Å². The van der Waals surface area contributed by atoms with Crippen molar-refractivity contribution >= 4 is 6.29 Å². The van der Waals surface area contributed by atoms with E-state index in [1.807, 2.05) is 0 Å². The average molecular weight is 240 g/mol. The van der Waals surface area contributed by atoms with Gasteiger partial charge >= 0.3 is 6.18 Å². The first-order chi connectivity index (χ1) is 8.02. The van der Waals surface area contributed by atoms with Gasteiger partial charge in [0.2, 0.25) is 0 Å². The van der Waals surface area contributed by atoms with Gasteiger partial charge in [0.05, 0.1) is 11.9 Å². The van der Waals surface area contributed by atoms with Crippen LogP contribution in [-0.4, -0.2) is 16.1 Å². The highest BCUT2D eigenvalue weighted by Gasteiger charge is 2.35. The third-order valence-corrected chi connectivity index (χ3v) is 2.18. The Morgan fingerprint density at radius 2 is 2.00 bits per heavy atom. The summed E-state index contributed by atoms with van der Waals surface area (Å²) in [6.07, 6.45) is -2.84. The van der Waals surface area contributed by atoms with E-state index >= 15 is 0 Å². The van der Waals surface area contributed by atoms with Gasteiger partial charge in [0.1, 0.15) is 12.0 Å². The van der Waals surface area contributed by atoms with E-state index in [1.54, 1.807) is 0 Å². The summed E-state index contributed by atoms with van der Waals surface area (Å²) in [7, 11) is 0. The lowest BCUT2D eigenvalue weighted by atomic mass is 10.2. The van der Waals surface area contributed by atoms with Gasteiger partial charge in [-0.2, -0.15) is 18.3 Å². The van der Waals surface area contributed by atoms with Crippen molar-refractivity contribution in [2.45, 2.75) is 6.18 Å². The molecule has 0 amide bonds. The highest BCUT2D eigenvalue weighted by atomic mass is 19.4. The van der Waals surface area contributed by atoms with Gasteiger partial charge in [-0.3, -0.25) is 4.79 Å². The minimum atomic E-state index is -4.48. The summed E-state index contributed by atoms with van der Waals surface area (Å²) in [5, 5.41) is 3.61. The zero-order chi connectivity index (χ0) is 12.5. The Balaban J connectivity index is 2.53. The SMILES string of the molecule is O=Cc1cccc(-n2nccc2C(F)(F)F)c1. The molecule has 6 heteroatoms. The molecule has 1 heterocycles. The maximum Gasteiger partial charge on any atom is 0.433 e. The van der Waals surface area contributed by atoms with Crippen LogP contribution in [0, 0.1) is 0 Å². The van der Waals surface area contributed by atoms with Crippen molar-refractivity contribution in [2.75, 3.05) is 0 Å². The molecule has 0 fully saturated rings. The molecule has 2 rings (SSSR count). The van der Waals surface area contributed by atoms with E-state index in [2.05, 4.69) is 5.10 Å². The van der Waals surface area contributed by atoms with Crippen LogP contribution in [0.4, 0.5) is 13.2 Å². The summed E-state index contributed by atoms with van der Waals surface area (Å²) in [6, 6.07) is 6.69. The predicted octanol–water partition coefficient (Wildman–Crippen LogP) is 2.70. The lowest BCUT2D eigenvalue weighted by Crippen LogP contribution is -2.13. The molecule has 1 aromatic heterocycles. The van der Waals surface area contributed by atoms with Crippen molar-refractivity contribution in [3.05, 3.63) is 47.8 Å². The molecule has 0 atom stereocenters. The monoisotopic (exact) mass is 240 g/mol. The minimum Gasteiger partial charge on any atom is -0.298 e. The lowest BCUT2D eigenvalue weighted by molar-refractivity contribution is -0.142. The van der Waals surface area contributed by atoms with E-state index in [0.29, 0.717) is 11.8 Å². The molecule has 0 aliphatic rings. The molecular formula is C11H7F3N2O. The second kappa shape index (κ2) is 4.04. The summed E-state index contributed by atoms with van der Waals surface area (Å²) >= 11 is 0. The Kier molecular flexibility index (Phi) is 2.71. The molecular weight excluding hydrogens is 233 g/mol. The Hall–Kier alpha value is -2.11. The number of hydrogen-bond donors (Lipinski definition) is 0. The van der Waals surface area contributed by atoms with Gasteiger partial charge in [-0.25, -0.2) is 4.68 Å². The van der Waals surface area contributed by atoms with E-state index in [0.717, 1.165) is 16.9 Å². The number of carbonyl (C=O) groups excluding carboxylic acids is 1. The quantitative estimate of drug-likeness (QED) is 0.756. The van der Waals surface area contributed by atoms with Crippen molar-refractivity contribution < 1.29 is 18.0 Å². The molecule has 0 spiro atoms. The number of benzene rings is 1. The van der Waals surface area contributed by atoms with Crippen molar-refractivity contribution in [1.29, 1.82) is 0 Å². The summed E-state index contributed by atoms with van der Waals surface area (Å²) < 4.78 is 38.6. The van der Waals surface area contributed by atoms with Crippen LogP contribution in [0.15, 0.2) is 36.5 Å². The molecule has 0 aliphatic heterocycles. The van der Waals surface area contributed by atoms with Crippen molar-refractivity contribution in [2.24, 2.45) is 0 Å². The normalized spacial score (nSPS) is 11.5. The smallest absolute Gasteiger partial charge is 0.298 e. The fourth-order valence-electron chi connectivity index (χ4n) is 1.45. The van der Waals surface area contributed by atoms with Gasteiger partial charge in [0, 0.05) is 5.56 Å². The number of rotatable bonds is 2. The van der Waals surface area contributed by atoms with Gasteiger partial charge in [-0.05, 0) is 18.2 Å². The Morgan fingerprint density at radius 1 is 1.24 bits per heavy atom. The molecule has 3 nitrogen and oxygen atoms in total. The Labute approximate surface area is 94.5 Å². The number of hydrogen-bond acceptors (Lipinski definition) is 2. The molecule has 0 N–H and O–H groups in total. The van der Waals surface area contributed by atoms with Crippen LogP contribution in [0.1, 0.15) is 16.1 Å². The van der Waals surface area contributed by atoms with Crippen LogP contribution in [-0.2, 0) is 6.18 Å². The zero-order valence-corrected chi connectivity index (χ0v) is 8.48. The maximum absolute atomic E-state index is 12.6. The molecule has 0 unspecified atom stereocenters. The first-order valence-corrected chi connectivity index (χ1v) is 4.69. The van der Waals surface area contributed by atoms with Crippen molar-refractivity contribution in [3.63, 3.8) is 0 Å². The van der Waals surface area contributed by atoms with Crippen molar-refractivity contribution in [1.82, 2.24) is 9.78 Å². The highest BCUT2D eigenvalue weighted by molar-refractivity contribution is 5.75. The Bertz CT molecular complexity index is 546. The van der Waals surface area contributed by atoms with Gasteiger partial charge in [0.15, 0.2) is 0 Å². The summed E-state index contributed by atoms with van der Waals surface area (Å²) in [6.45, 7) is 0. The van der Waals surface area contributed by atoms with Gasteiger partial charge in [-0.15, -0.1) is 0 Å². The second-order valence-corrected chi connectivity index (χ2v) is 3.34.